The maximum Gasteiger partial charge on any atom is 0.242 e. The van der Waals surface area contributed by atoms with Crippen molar-refractivity contribution in [2.24, 2.45) is 0 Å². The van der Waals surface area contributed by atoms with Crippen LogP contribution in [0.25, 0.3) is 17.2 Å². The molecule has 0 amide bonds. The molecule has 0 fully saturated rings. The van der Waals surface area contributed by atoms with Gasteiger partial charge in [-0.2, -0.15) is 4.68 Å². The van der Waals surface area contributed by atoms with Gasteiger partial charge in [0, 0.05) is 18.5 Å². The van der Waals surface area contributed by atoms with E-state index in [1.165, 1.54) is 6.92 Å². The molecule has 0 spiro atoms. The molecule has 7 nitrogen and oxygen atoms in total. The van der Waals surface area contributed by atoms with Gasteiger partial charge in [-0.1, -0.05) is 25.1 Å². The maximum absolute atomic E-state index is 13.6. The summed E-state index contributed by atoms with van der Waals surface area (Å²) in [6.07, 6.45) is 4.46. The average molecular weight is 510 g/mol. The van der Waals surface area contributed by atoms with E-state index >= 15 is 0 Å². The Hall–Kier alpha value is -4.13. The smallest absolute Gasteiger partial charge is 0.242 e. The van der Waals surface area contributed by atoms with Crippen molar-refractivity contribution >= 4 is 11.4 Å². The number of hydrogen-bond donors (Lipinski definition) is 2. The fraction of sp³-hybridized carbons (Fsp3) is 0.333. The van der Waals surface area contributed by atoms with Crippen LogP contribution in [0.5, 0.6) is 0 Å². The Balaban J connectivity index is 1.83. The normalized spacial score (nSPS) is 12.6. The first-order valence-electron chi connectivity index (χ1n) is 11.7. The Labute approximate surface area is 215 Å². The molecule has 2 atom stereocenters. The van der Waals surface area contributed by atoms with E-state index < -0.39 is 19.0 Å². The second-order valence-corrected chi connectivity index (χ2v) is 8.69. The van der Waals surface area contributed by atoms with E-state index in [0.717, 1.165) is 0 Å². The molecule has 0 aliphatic heterocycles. The molecule has 1 unspecified atom stereocenters. The molecular weight excluding hydrogens is 479 g/mol. The highest BCUT2D eigenvalue weighted by atomic mass is 19.3. The van der Waals surface area contributed by atoms with Crippen LogP contribution in [0.2, 0.25) is 0 Å². The van der Waals surface area contributed by atoms with Crippen LogP contribution >= 0.6 is 0 Å². The van der Waals surface area contributed by atoms with Crippen LogP contribution in [0.3, 0.4) is 0 Å². The quantitative estimate of drug-likeness (QED) is 0.348. The van der Waals surface area contributed by atoms with E-state index in [9.17, 15) is 13.2 Å². The second kappa shape index (κ2) is 12.2. The summed E-state index contributed by atoms with van der Waals surface area (Å²) in [6, 6.07) is 4.63. The number of terminal acetylenes is 1. The molecule has 0 saturated heterocycles. The monoisotopic (exact) mass is 509 g/mol. The van der Waals surface area contributed by atoms with Crippen molar-refractivity contribution < 1.29 is 13.2 Å². The van der Waals surface area contributed by atoms with Gasteiger partial charge < -0.3 is 10.6 Å². The van der Waals surface area contributed by atoms with Crippen molar-refractivity contribution in [2.75, 3.05) is 6.54 Å². The number of nitrogens with zero attached hydrogens (tertiary/aromatic N) is 5. The highest BCUT2D eigenvalue weighted by Crippen LogP contribution is 2.23. The molecule has 0 aliphatic rings. The summed E-state index contributed by atoms with van der Waals surface area (Å²) in [6.45, 7) is 13.4. The predicted octanol–water partition coefficient (Wildman–Crippen LogP) is 4.59. The van der Waals surface area contributed by atoms with Gasteiger partial charge >= 0.3 is 0 Å². The van der Waals surface area contributed by atoms with Crippen molar-refractivity contribution in [1.29, 1.82) is 0 Å². The van der Waals surface area contributed by atoms with Gasteiger partial charge in [-0.3, -0.25) is 0 Å². The molecule has 0 saturated carbocycles. The third-order valence-corrected chi connectivity index (χ3v) is 5.39. The van der Waals surface area contributed by atoms with Crippen molar-refractivity contribution in [3.63, 3.8) is 0 Å². The van der Waals surface area contributed by atoms with E-state index in [4.69, 9.17) is 6.42 Å². The van der Waals surface area contributed by atoms with Gasteiger partial charge in [0.25, 0.3) is 0 Å². The van der Waals surface area contributed by atoms with E-state index in [0.29, 0.717) is 57.8 Å². The lowest BCUT2D eigenvalue weighted by Crippen LogP contribution is -2.21. The van der Waals surface area contributed by atoms with Crippen molar-refractivity contribution in [3.05, 3.63) is 77.8 Å². The minimum absolute atomic E-state index is 0.125. The summed E-state index contributed by atoms with van der Waals surface area (Å²) in [5.74, 6) is 3.99. The van der Waals surface area contributed by atoms with Crippen LogP contribution in [0, 0.1) is 19.3 Å². The second-order valence-electron chi connectivity index (χ2n) is 8.69. The van der Waals surface area contributed by atoms with Crippen LogP contribution in [0.15, 0.2) is 43.8 Å². The number of benzene rings is 1. The average Bonchev–Trinajstić information content (AvgIpc) is 3.23. The summed E-state index contributed by atoms with van der Waals surface area (Å²) in [5.41, 5.74) is 3.23. The Morgan fingerprint density at radius 1 is 1.05 bits per heavy atom. The Morgan fingerprint density at radius 3 is 2.35 bits per heavy atom. The van der Waals surface area contributed by atoms with E-state index in [1.54, 1.807) is 42.2 Å². The highest BCUT2D eigenvalue weighted by molar-refractivity contribution is 5.63. The number of aryl methyl sites for hydroxylation is 1. The molecule has 3 aromatic rings. The first kappa shape index (κ1) is 27.5. The third-order valence-electron chi connectivity index (χ3n) is 5.39. The Kier molecular flexibility index (Phi) is 9.06. The minimum atomic E-state index is -2.51. The van der Waals surface area contributed by atoms with Gasteiger partial charge in [-0.15, -0.1) is 11.5 Å². The zero-order chi connectivity index (χ0) is 27.1. The van der Waals surface area contributed by atoms with E-state index in [1.807, 2.05) is 6.92 Å². The number of rotatable bonds is 12. The van der Waals surface area contributed by atoms with Crippen LogP contribution in [-0.2, 0) is 12.8 Å². The summed E-state index contributed by atoms with van der Waals surface area (Å²) >= 11 is 0. The molecule has 1 aromatic carbocycles. The summed E-state index contributed by atoms with van der Waals surface area (Å²) in [4.78, 5) is 13.3. The highest BCUT2D eigenvalue weighted by Gasteiger charge is 2.19. The molecule has 37 heavy (non-hydrogen) atoms. The largest absolute Gasteiger partial charge is 0.375 e. The van der Waals surface area contributed by atoms with Gasteiger partial charge in [-0.05, 0) is 49.6 Å². The molecule has 3 rings (SSSR count). The van der Waals surface area contributed by atoms with Gasteiger partial charge in [0.2, 0.25) is 6.43 Å². The first-order chi connectivity index (χ1) is 17.6. The van der Waals surface area contributed by atoms with Gasteiger partial charge in [0.05, 0.1) is 30.7 Å². The molecule has 194 valence electrons. The first-order valence-corrected chi connectivity index (χ1v) is 11.7. The van der Waals surface area contributed by atoms with Gasteiger partial charge in [0.15, 0.2) is 11.6 Å². The fourth-order valence-corrected chi connectivity index (χ4v) is 3.80. The van der Waals surface area contributed by atoms with Crippen LogP contribution in [0.1, 0.15) is 53.9 Å². The lowest BCUT2D eigenvalue weighted by atomic mass is 9.99. The van der Waals surface area contributed by atoms with Crippen molar-refractivity contribution in [2.45, 2.75) is 52.3 Å². The zero-order valence-electron chi connectivity index (χ0n) is 21.1. The van der Waals surface area contributed by atoms with Gasteiger partial charge in [0.1, 0.15) is 17.7 Å². The number of hydrogen-bond acceptors (Lipinski definition) is 6. The lowest BCUT2D eigenvalue weighted by Gasteiger charge is -2.19. The molecule has 0 radical (unpaired) electrons. The molecular formula is C27H30F3N7. The number of alkyl halides is 3. The number of nitrogens with one attached hydrogen (secondary N) is 2. The summed E-state index contributed by atoms with van der Waals surface area (Å²) < 4.78 is 41.3. The van der Waals surface area contributed by atoms with Crippen LogP contribution in [-0.4, -0.2) is 43.9 Å². The molecule has 2 N–H and O–H groups in total. The standard InChI is InChI=1S/C27H30F3N7/c1-7-8-31-18(4)24-14-33-26(15-32-24)37-27(35-20(6)36-37)19(5)34-17(3)23-11-21(9-16(2)28)10-22(12-23)13-25(29)30/h1,10-12,14-16,19,25,31,34H,3-4,8-9,13H2,2,5-6H3/t16?,19-/m0/s1. The predicted molar refractivity (Wildman–Crippen MR) is 139 cm³/mol. The Bertz CT molecular complexity index is 1260. The molecule has 0 aliphatic carbocycles. The zero-order valence-corrected chi connectivity index (χ0v) is 21.1. The molecule has 2 heterocycles. The lowest BCUT2D eigenvalue weighted by molar-refractivity contribution is 0.149. The van der Waals surface area contributed by atoms with Gasteiger partial charge in [-0.25, -0.2) is 28.1 Å². The molecule has 10 heteroatoms. The van der Waals surface area contributed by atoms with E-state index in [-0.39, 0.29) is 12.5 Å². The Morgan fingerprint density at radius 2 is 1.76 bits per heavy atom. The third kappa shape index (κ3) is 7.43. The minimum Gasteiger partial charge on any atom is -0.375 e. The number of halogens is 3. The van der Waals surface area contributed by atoms with Crippen LogP contribution < -0.4 is 10.6 Å². The van der Waals surface area contributed by atoms with Crippen molar-refractivity contribution in [1.82, 2.24) is 35.4 Å². The topological polar surface area (TPSA) is 80.5 Å². The van der Waals surface area contributed by atoms with E-state index in [2.05, 4.69) is 49.8 Å². The summed E-state index contributed by atoms with van der Waals surface area (Å²) in [7, 11) is 0. The molecule has 2 aromatic heterocycles. The number of aromatic nitrogens is 5. The maximum atomic E-state index is 13.6. The van der Waals surface area contributed by atoms with Crippen LogP contribution in [0.4, 0.5) is 13.2 Å². The molecule has 0 bridgehead atoms. The SMILES string of the molecule is C#CCNC(=C)c1cnc(-n2nc(C)nc2[C@H](C)NC(=C)c2cc(CC(C)F)cc(CC(F)F)c2)cn1. The fourth-order valence-electron chi connectivity index (χ4n) is 3.80. The summed E-state index contributed by atoms with van der Waals surface area (Å²) in [5, 5.41) is 10.7. The van der Waals surface area contributed by atoms with Crippen molar-refractivity contribution in [3.8, 4) is 18.2 Å².